The maximum absolute atomic E-state index is 12.5. The van der Waals surface area contributed by atoms with E-state index in [4.69, 9.17) is 27.9 Å². The van der Waals surface area contributed by atoms with Crippen molar-refractivity contribution in [1.29, 1.82) is 0 Å². The predicted octanol–water partition coefficient (Wildman–Crippen LogP) is 1.51. The second-order valence-corrected chi connectivity index (χ2v) is 6.37. The van der Waals surface area contributed by atoms with Crippen molar-refractivity contribution in [2.75, 3.05) is 53.0 Å². The number of methoxy groups -OCH3 is 1. The average molecular weight is 374 g/mol. The Labute approximate surface area is 151 Å². The minimum absolute atomic E-state index is 0.0315. The molecule has 1 saturated heterocycles. The highest BCUT2D eigenvalue weighted by Gasteiger charge is 2.24. The van der Waals surface area contributed by atoms with Gasteiger partial charge in [-0.15, -0.1) is 0 Å². The van der Waals surface area contributed by atoms with Crippen LogP contribution in [0.1, 0.15) is 10.4 Å². The van der Waals surface area contributed by atoms with Gasteiger partial charge in [0.15, 0.2) is 0 Å². The third-order valence-corrected chi connectivity index (χ3v) is 4.22. The lowest BCUT2D eigenvalue weighted by atomic mass is 10.2. The van der Waals surface area contributed by atoms with Crippen LogP contribution in [0.3, 0.4) is 0 Å². The van der Waals surface area contributed by atoms with Crippen LogP contribution in [0.4, 0.5) is 0 Å². The molecule has 0 saturated carbocycles. The molecule has 2 amide bonds. The van der Waals surface area contributed by atoms with E-state index >= 15 is 0 Å². The lowest BCUT2D eigenvalue weighted by molar-refractivity contribution is -0.131. The van der Waals surface area contributed by atoms with Crippen molar-refractivity contribution in [3.8, 4) is 0 Å². The number of carbonyl (C=O) groups is 2. The highest BCUT2D eigenvalue weighted by Crippen LogP contribution is 2.20. The van der Waals surface area contributed by atoms with Gasteiger partial charge in [-0.3, -0.25) is 9.59 Å². The van der Waals surface area contributed by atoms with Crippen molar-refractivity contribution in [3.05, 3.63) is 33.8 Å². The predicted molar refractivity (Wildman–Crippen MR) is 93.7 cm³/mol. The summed E-state index contributed by atoms with van der Waals surface area (Å²) in [4.78, 5) is 28.1. The summed E-state index contributed by atoms with van der Waals surface area (Å²) in [6, 6.07) is 4.80. The van der Waals surface area contributed by atoms with Crippen LogP contribution >= 0.6 is 23.2 Å². The summed E-state index contributed by atoms with van der Waals surface area (Å²) < 4.78 is 4.92. The first-order chi connectivity index (χ1) is 11.5. The average Bonchev–Trinajstić information content (AvgIpc) is 2.57. The molecule has 0 radical (unpaired) electrons. The second-order valence-electron chi connectivity index (χ2n) is 5.50. The first-order valence-electron chi connectivity index (χ1n) is 7.74. The van der Waals surface area contributed by atoms with Crippen LogP contribution < -0.4 is 5.32 Å². The van der Waals surface area contributed by atoms with Gasteiger partial charge in [0.05, 0.1) is 13.2 Å². The largest absolute Gasteiger partial charge is 0.383 e. The number of hydrogen-bond acceptors (Lipinski definition) is 4. The summed E-state index contributed by atoms with van der Waals surface area (Å²) in [6.07, 6.45) is 0. The highest BCUT2D eigenvalue weighted by molar-refractivity contribution is 6.35. The van der Waals surface area contributed by atoms with Gasteiger partial charge < -0.3 is 19.9 Å². The molecular formula is C16H21Cl2N3O3. The molecule has 0 unspecified atom stereocenters. The molecule has 1 fully saturated rings. The van der Waals surface area contributed by atoms with Gasteiger partial charge in [-0.25, -0.2) is 0 Å². The van der Waals surface area contributed by atoms with Crippen molar-refractivity contribution in [2.45, 2.75) is 0 Å². The molecule has 0 aliphatic carbocycles. The van der Waals surface area contributed by atoms with E-state index in [1.807, 2.05) is 0 Å². The molecule has 1 aromatic rings. The maximum Gasteiger partial charge on any atom is 0.254 e. The van der Waals surface area contributed by atoms with E-state index < -0.39 is 0 Å². The molecule has 24 heavy (non-hydrogen) atoms. The lowest BCUT2D eigenvalue weighted by Gasteiger charge is -2.35. The van der Waals surface area contributed by atoms with Gasteiger partial charge in [-0.2, -0.15) is 0 Å². The molecule has 0 aromatic heterocycles. The van der Waals surface area contributed by atoms with Crippen LogP contribution in [0.5, 0.6) is 0 Å². The summed E-state index contributed by atoms with van der Waals surface area (Å²) in [5, 5.41) is 3.89. The number of carbonyl (C=O) groups excluding carboxylic acids is 2. The fourth-order valence-electron chi connectivity index (χ4n) is 2.50. The molecule has 1 aliphatic heterocycles. The van der Waals surface area contributed by atoms with Crippen molar-refractivity contribution in [2.24, 2.45) is 0 Å². The molecule has 2 rings (SSSR count). The maximum atomic E-state index is 12.5. The first-order valence-corrected chi connectivity index (χ1v) is 8.49. The summed E-state index contributed by atoms with van der Waals surface area (Å²) in [6.45, 7) is 3.50. The monoisotopic (exact) mass is 373 g/mol. The third-order valence-electron chi connectivity index (χ3n) is 3.79. The number of nitrogens with one attached hydrogen (secondary N) is 1. The molecule has 0 atom stereocenters. The van der Waals surface area contributed by atoms with Crippen molar-refractivity contribution >= 4 is 35.0 Å². The van der Waals surface area contributed by atoms with Gasteiger partial charge in [0.2, 0.25) is 5.91 Å². The van der Waals surface area contributed by atoms with Crippen molar-refractivity contribution in [3.63, 3.8) is 0 Å². The van der Waals surface area contributed by atoms with Crippen LogP contribution in [-0.4, -0.2) is 74.6 Å². The van der Waals surface area contributed by atoms with Crippen LogP contribution in [-0.2, 0) is 9.53 Å². The molecule has 0 spiro atoms. The zero-order valence-corrected chi connectivity index (χ0v) is 15.1. The van der Waals surface area contributed by atoms with Gasteiger partial charge >= 0.3 is 0 Å². The number of benzene rings is 1. The smallest absolute Gasteiger partial charge is 0.254 e. The van der Waals surface area contributed by atoms with E-state index in [9.17, 15) is 9.59 Å². The molecule has 1 aromatic carbocycles. The Morgan fingerprint density at radius 1 is 1.08 bits per heavy atom. The molecule has 1 heterocycles. The van der Waals surface area contributed by atoms with E-state index in [0.29, 0.717) is 54.9 Å². The topological polar surface area (TPSA) is 61.9 Å². The SMILES string of the molecule is COCCNCC(=O)N1CCN(C(=O)c2cc(Cl)cc(Cl)c2)CC1. The number of amides is 2. The van der Waals surface area contributed by atoms with Crippen LogP contribution in [0.25, 0.3) is 0 Å². The van der Waals surface area contributed by atoms with Gasteiger partial charge in [0.25, 0.3) is 5.91 Å². The van der Waals surface area contributed by atoms with E-state index in [2.05, 4.69) is 5.32 Å². The fourth-order valence-corrected chi connectivity index (χ4v) is 3.03. The van der Waals surface area contributed by atoms with E-state index in [1.165, 1.54) is 0 Å². The van der Waals surface area contributed by atoms with Gasteiger partial charge in [-0.05, 0) is 18.2 Å². The second kappa shape index (κ2) is 9.22. The van der Waals surface area contributed by atoms with Gasteiger partial charge in [0.1, 0.15) is 0 Å². The minimum atomic E-state index is -0.121. The summed E-state index contributed by atoms with van der Waals surface area (Å²) >= 11 is 11.9. The Morgan fingerprint density at radius 3 is 2.25 bits per heavy atom. The lowest BCUT2D eigenvalue weighted by Crippen LogP contribution is -2.52. The molecule has 6 nitrogen and oxygen atoms in total. The number of rotatable bonds is 6. The van der Waals surface area contributed by atoms with Gasteiger partial charge in [-0.1, -0.05) is 23.2 Å². The normalized spacial score (nSPS) is 14.8. The molecule has 0 bridgehead atoms. The Morgan fingerprint density at radius 2 is 1.67 bits per heavy atom. The fraction of sp³-hybridized carbons (Fsp3) is 0.500. The summed E-state index contributed by atoms with van der Waals surface area (Å²) in [7, 11) is 1.62. The Kier molecular flexibility index (Phi) is 7.30. The summed E-state index contributed by atoms with van der Waals surface area (Å²) in [5.41, 5.74) is 0.466. The number of ether oxygens (including phenoxy) is 1. The third kappa shape index (κ3) is 5.34. The molecule has 132 valence electrons. The number of hydrogen-bond donors (Lipinski definition) is 1. The zero-order chi connectivity index (χ0) is 17.5. The van der Waals surface area contributed by atoms with Crippen LogP contribution in [0.2, 0.25) is 10.0 Å². The number of nitrogens with zero attached hydrogens (tertiary/aromatic N) is 2. The number of halogens is 2. The van der Waals surface area contributed by atoms with E-state index in [1.54, 1.807) is 35.1 Å². The highest BCUT2D eigenvalue weighted by atomic mass is 35.5. The van der Waals surface area contributed by atoms with Crippen LogP contribution in [0.15, 0.2) is 18.2 Å². The Bertz CT molecular complexity index is 570. The molecule has 8 heteroatoms. The molecular weight excluding hydrogens is 353 g/mol. The Balaban J connectivity index is 1.83. The minimum Gasteiger partial charge on any atom is -0.383 e. The Hall–Kier alpha value is -1.34. The molecule has 1 N–H and O–H groups in total. The molecule has 1 aliphatic rings. The van der Waals surface area contributed by atoms with Gasteiger partial charge in [0, 0.05) is 55.4 Å². The first kappa shape index (κ1) is 19.0. The number of piperazine rings is 1. The van der Waals surface area contributed by atoms with Crippen molar-refractivity contribution < 1.29 is 14.3 Å². The van der Waals surface area contributed by atoms with E-state index in [-0.39, 0.29) is 18.4 Å². The zero-order valence-electron chi connectivity index (χ0n) is 13.6. The quantitative estimate of drug-likeness (QED) is 0.767. The van der Waals surface area contributed by atoms with Crippen molar-refractivity contribution in [1.82, 2.24) is 15.1 Å². The summed E-state index contributed by atoms with van der Waals surface area (Å²) in [5.74, 6) is -0.0891. The van der Waals surface area contributed by atoms with Crippen LogP contribution in [0, 0.1) is 0 Å². The standard InChI is InChI=1S/C16H21Cl2N3O3/c1-24-7-2-19-11-15(22)20-3-5-21(6-4-20)16(23)12-8-13(17)10-14(18)9-12/h8-10,19H,2-7,11H2,1H3. The van der Waals surface area contributed by atoms with E-state index in [0.717, 1.165) is 0 Å².